The Labute approximate surface area is 184 Å². The van der Waals surface area contributed by atoms with Crippen LogP contribution in [0.4, 0.5) is 0 Å². The number of rotatable bonds is 5. The van der Waals surface area contributed by atoms with E-state index in [1.165, 1.54) is 12.8 Å². The van der Waals surface area contributed by atoms with Crippen molar-refractivity contribution in [2.24, 2.45) is 0 Å². The van der Waals surface area contributed by atoms with E-state index in [0.717, 1.165) is 23.1 Å². The Bertz CT molecular complexity index is 704. The third-order valence-electron chi connectivity index (χ3n) is 6.28. The van der Waals surface area contributed by atoms with Gasteiger partial charge in [0.05, 0.1) is 31.7 Å². The average molecular weight is 465 g/mol. The molecule has 1 heterocycles. The lowest BCUT2D eigenvalue weighted by Crippen LogP contribution is -3.00. The molecule has 6 heteroatoms. The Balaban J connectivity index is 0.000000306. The molecule has 2 unspecified atom stereocenters. The fourth-order valence-corrected chi connectivity index (χ4v) is 3.92. The van der Waals surface area contributed by atoms with E-state index < -0.39 is 11.6 Å². The number of likely N-dealkylation sites (N-methyl/N-ethyl adjacent to an activating group) is 1. The Hall–Kier alpha value is -1.73. The molecule has 2 aromatic rings. The van der Waals surface area contributed by atoms with Gasteiger partial charge in [-0.15, -0.1) is 0 Å². The van der Waals surface area contributed by atoms with Gasteiger partial charge in [-0.3, -0.25) is 0 Å². The first-order valence-electron chi connectivity index (χ1n) is 9.77. The molecule has 0 amide bonds. The highest BCUT2D eigenvalue weighted by atomic mass is 79.9. The lowest BCUT2D eigenvalue weighted by molar-refractivity contribution is -0.940. The predicted molar refractivity (Wildman–Crippen MR) is 107 cm³/mol. The molecule has 1 aliphatic heterocycles. The highest BCUT2D eigenvalue weighted by molar-refractivity contribution is 5.81. The van der Waals surface area contributed by atoms with Gasteiger partial charge in [-0.1, -0.05) is 60.7 Å². The van der Waals surface area contributed by atoms with Crippen molar-refractivity contribution in [3.8, 4) is 0 Å². The second-order valence-electron chi connectivity index (χ2n) is 7.80. The van der Waals surface area contributed by atoms with Crippen LogP contribution in [0.5, 0.6) is 0 Å². The molecular weight excluding hydrogens is 434 g/mol. The molecule has 5 nitrogen and oxygen atoms in total. The lowest BCUT2D eigenvalue weighted by Gasteiger charge is -2.38. The summed E-state index contributed by atoms with van der Waals surface area (Å²) in [5, 5.41) is 30.5. The molecule has 0 bridgehead atoms. The average Bonchev–Trinajstić information content (AvgIpc) is 2.96. The number of aliphatic hydroxyl groups is 2. The number of nitrogens with zero attached hydrogens (tertiary/aromatic N) is 1. The predicted octanol–water partition coefficient (Wildman–Crippen LogP) is -1.33. The zero-order chi connectivity index (χ0) is 20.8. The smallest absolute Gasteiger partial charge is 0.154 e. The normalized spacial score (nSPS) is 23.5. The van der Waals surface area contributed by atoms with Gasteiger partial charge >= 0.3 is 0 Å². The van der Waals surface area contributed by atoms with Crippen LogP contribution in [0.15, 0.2) is 60.7 Å². The molecule has 2 atom stereocenters. The summed E-state index contributed by atoms with van der Waals surface area (Å²) in [4.78, 5) is 11.3. The number of carbonyl (C=O) groups is 1. The monoisotopic (exact) mass is 464 g/mol. The molecule has 1 saturated heterocycles. The van der Waals surface area contributed by atoms with E-state index in [2.05, 4.69) is 20.9 Å². The highest BCUT2D eigenvalue weighted by Gasteiger charge is 2.40. The van der Waals surface area contributed by atoms with Crippen LogP contribution in [-0.4, -0.2) is 52.9 Å². The Morgan fingerprint density at radius 1 is 1.00 bits per heavy atom. The molecule has 3 rings (SSSR count). The van der Waals surface area contributed by atoms with Crippen molar-refractivity contribution in [2.75, 3.05) is 20.2 Å². The van der Waals surface area contributed by atoms with Gasteiger partial charge in [-0.05, 0) is 25.0 Å². The number of halogens is 1. The number of carbonyl (C=O) groups excluding carboxylic acids is 1. The summed E-state index contributed by atoms with van der Waals surface area (Å²) in [6.07, 6.45) is 2.63. The second kappa shape index (κ2) is 10.9. The topological polar surface area (TPSA) is 80.6 Å². The largest absolute Gasteiger partial charge is 1.00 e. The van der Waals surface area contributed by atoms with Gasteiger partial charge < -0.3 is 41.6 Å². The van der Waals surface area contributed by atoms with Gasteiger partial charge in [0, 0.05) is 12.8 Å². The van der Waals surface area contributed by atoms with Gasteiger partial charge in [0.25, 0.3) is 0 Å². The minimum absolute atomic E-state index is 0. The quantitative estimate of drug-likeness (QED) is 0.537. The first-order chi connectivity index (χ1) is 13.3. The first-order valence-corrected chi connectivity index (χ1v) is 9.77. The van der Waals surface area contributed by atoms with Crippen LogP contribution in [0.2, 0.25) is 0 Å². The Morgan fingerprint density at radius 2 is 1.38 bits per heavy atom. The second-order valence-corrected chi connectivity index (χ2v) is 7.80. The van der Waals surface area contributed by atoms with Crippen LogP contribution in [-0.2, 0) is 10.4 Å². The number of quaternary nitrogens is 1. The maximum Gasteiger partial charge on any atom is 0.154 e. The number of aliphatic hydroxyl groups excluding tert-OH is 1. The minimum Gasteiger partial charge on any atom is -1.00 e. The van der Waals surface area contributed by atoms with E-state index in [-0.39, 0.29) is 28.1 Å². The number of hydrogen-bond donors (Lipinski definition) is 2. The summed E-state index contributed by atoms with van der Waals surface area (Å²) >= 11 is 0. The number of hydrogen-bond acceptors (Lipinski definition) is 4. The third-order valence-corrected chi connectivity index (χ3v) is 6.28. The van der Waals surface area contributed by atoms with Crippen molar-refractivity contribution in [3.63, 3.8) is 0 Å². The molecular formula is C23H31BrNO4-. The number of benzene rings is 2. The fraction of sp³-hybridized carbons (Fsp3) is 0.435. The number of carboxylic acids is 1. The molecule has 1 fully saturated rings. The van der Waals surface area contributed by atoms with E-state index >= 15 is 0 Å². The minimum atomic E-state index is -2.11. The van der Waals surface area contributed by atoms with Crippen LogP contribution < -0.4 is 22.1 Å². The van der Waals surface area contributed by atoms with Crippen LogP contribution in [0.1, 0.15) is 37.8 Å². The van der Waals surface area contributed by atoms with Gasteiger partial charge in [-0.25, -0.2) is 0 Å². The lowest BCUT2D eigenvalue weighted by atomic mass is 9.86. The van der Waals surface area contributed by atoms with E-state index in [9.17, 15) is 15.0 Å². The third kappa shape index (κ3) is 5.45. The number of likely N-dealkylation sites (tertiary alicyclic amines) is 1. The van der Waals surface area contributed by atoms with Crippen LogP contribution >= 0.6 is 0 Å². The summed E-state index contributed by atoms with van der Waals surface area (Å²) in [6, 6.07) is 17.9. The Morgan fingerprint density at radius 3 is 1.69 bits per heavy atom. The van der Waals surface area contributed by atoms with Gasteiger partial charge in [0.2, 0.25) is 0 Å². The van der Waals surface area contributed by atoms with E-state index in [4.69, 9.17) is 5.11 Å². The van der Waals surface area contributed by atoms with E-state index in [1.807, 2.05) is 0 Å². The molecule has 160 valence electrons. The zero-order valence-corrected chi connectivity index (χ0v) is 18.9. The van der Waals surface area contributed by atoms with Crippen LogP contribution in [0.3, 0.4) is 0 Å². The van der Waals surface area contributed by atoms with Gasteiger partial charge in [0.15, 0.2) is 5.60 Å². The van der Waals surface area contributed by atoms with Crippen LogP contribution in [0.25, 0.3) is 0 Å². The molecule has 0 spiro atoms. The summed E-state index contributed by atoms with van der Waals surface area (Å²) < 4.78 is 1.07. The highest BCUT2D eigenvalue weighted by Crippen LogP contribution is 2.30. The molecule has 0 radical (unpaired) electrons. The molecule has 29 heavy (non-hydrogen) atoms. The van der Waals surface area contributed by atoms with Gasteiger partial charge in [-0.2, -0.15) is 0 Å². The van der Waals surface area contributed by atoms with Crippen molar-refractivity contribution in [3.05, 3.63) is 71.8 Å². The Kier molecular flexibility index (Phi) is 9.49. The maximum absolute atomic E-state index is 11.3. The molecule has 2 aromatic carbocycles. The SMILES string of the molecule is CC1CCC(C)[N+]1(C)CCO.O=C([O-])C(O)(c1ccccc1)c1ccccc1.[Br-]. The number of aliphatic carboxylic acids is 1. The molecule has 0 aliphatic carbocycles. The summed E-state index contributed by atoms with van der Waals surface area (Å²) in [7, 11) is 2.26. The maximum atomic E-state index is 11.3. The molecule has 0 aromatic heterocycles. The fourth-order valence-electron chi connectivity index (χ4n) is 3.92. The molecule has 1 aliphatic rings. The van der Waals surface area contributed by atoms with Crippen molar-refractivity contribution in [2.45, 2.75) is 44.4 Å². The summed E-state index contributed by atoms with van der Waals surface area (Å²) in [6.45, 7) is 5.83. The van der Waals surface area contributed by atoms with Crippen molar-refractivity contribution < 1.29 is 41.6 Å². The van der Waals surface area contributed by atoms with Crippen molar-refractivity contribution in [1.82, 2.24) is 0 Å². The van der Waals surface area contributed by atoms with Crippen LogP contribution in [0, 0.1) is 0 Å². The van der Waals surface area contributed by atoms with E-state index in [1.54, 1.807) is 60.7 Å². The first kappa shape index (κ1) is 25.3. The standard InChI is InChI=1S/C14H12O3.C9H20NO.BrH/c15-13(16)14(17,11-7-3-1-4-8-11)12-9-5-2-6-10-12;1-8-4-5-9(2)10(8,3)6-7-11;/h1-10,17H,(H,15,16);8-9,11H,4-7H2,1-3H3;1H/q;+1;/p-2. The summed E-state index contributed by atoms with van der Waals surface area (Å²) in [5.74, 6) is -1.53. The molecule has 2 N–H and O–H groups in total. The number of carboxylic acid groups (broad SMARTS) is 1. The summed E-state index contributed by atoms with van der Waals surface area (Å²) in [5.41, 5.74) is -1.54. The molecule has 0 saturated carbocycles. The van der Waals surface area contributed by atoms with Crippen molar-refractivity contribution in [1.29, 1.82) is 0 Å². The zero-order valence-electron chi connectivity index (χ0n) is 17.3. The van der Waals surface area contributed by atoms with Gasteiger partial charge in [0.1, 0.15) is 6.54 Å². The van der Waals surface area contributed by atoms with E-state index in [0.29, 0.717) is 6.61 Å². The van der Waals surface area contributed by atoms with Crippen molar-refractivity contribution >= 4 is 5.97 Å².